The first kappa shape index (κ1) is 19.6. The second-order valence-corrected chi connectivity index (χ2v) is 6.76. The zero-order chi connectivity index (χ0) is 18.1. The number of fused-ring (bicyclic) bond motifs is 1. The third kappa shape index (κ3) is 3.92. The first-order valence-corrected chi connectivity index (χ1v) is 8.94. The number of nitrogens with one attached hydrogen (secondary N) is 1. The summed E-state index contributed by atoms with van der Waals surface area (Å²) < 4.78 is 35.7. The Hall–Kier alpha value is -2.18. The summed E-state index contributed by atoms with van der Waals surface area (Å²) in [6, 6.07) is 10.7. The Bertz CT molecular complexity index is 925. The molecule has 1 aliphatic rings. The molecule has 0 aliphatic carbocycles. The maximum absolute atomic E-state index is 14.3. The molecule has 1 aromatic heterocycles. The average Bonchev–Trinajstić information content (AvgIpc) is 3.00. The quantitative estimate of drug-likeness (QED) is 0.709. The van der Waals surface area contributed by atoms with Crippen LogP contribution in [0, 0.1) is 17.6 Å². The van der Waals surface area contributed by atoms with Crippen LogP contribution < -0.4 is 10.1 Å². The third-order valence-electron chi connectivity index (χ3n) is 4.99. The van der Waals surface area contributed by atoms with Crippen LogP contribution in [0.1, 0.15) is 19.8 Å². The van der Waals surface area contributed by atoms with E-state index >= 15 is 0 Å². The number of hydrogen-bond donors (Lipinski definition) is 1. The number of nitrogens with zero attached hydrogens (tertiary/aromatic N) is 2. The summed E-state index contributed by atoms with van der Waals surface area (Å²) in [6.07, 6.45) is 2.12. The van der Waals surface area contributed by atoms with Crippen LogP contribution in [0.5, 0.6) is 5.88 Å². The van der Waals surface area contributed by atoms with Crippen molar-refractivity contribution >= 4 is 23.3 Å². The molecule has 144 valence electrons. The lowest BCUT2D eigenvalue weighted by molar-refractivity contribution is 0.127. The van der Waals surface area contributed by atoms with Gasteiger partial charge in [-0.1, -0.05) is 12.1 Å². The van der Waals surface area contributed by atoms with Crippen molar-refractivity contribution in [2.24, 2.45) is 5.92 Å². The molecule has 4 nitrogen and oxygen atoms in total. The number of piperidine rings is 1. The summed E-state index contributed by atoms with van der Waals surface area (Å²) >= 11 is 0. The Kier molecular flexibility index (Phi) is 5.97. The van der Waals surface area contributed by atoms with Gasteiger partial charge in [-0.05, 0) is 56.6 Å². The summed E-state index contributed by atoms with van der Waals surface area (Å²) in [4.78, 5) is 0. The highest BCUT2D eigenvalue weighted by Crippen LogP contribution is 2.31. The normalized spacial score (nSPS) is 18.1. The van der Waals surface area contributed by atoms with E-state index in [0.29, 0.717) is 28.4 Å². The van der Waals surface area contributed by atoms with Crippen molar-refractivity contribution in [3.05, 3.63) is 54.1 Å². The van der Waals surface area contributed by atoms with Crippen molar-refractivity contribution in [2.75, 3.05) is 13.1 Å². The number of benzene rings is 2. The van der Waals surface area contributed by atoms with Gasteiger partial charge in [-0.3, -0.25) is 0 Å². The molecule has 0 bridgehead atoms. The molecule has 27 heavy (non-hydrogen) atoms. The standard InChI is InChI=1S/C20H21F2N3O.ClH/c1-13(14-5-4-10-23-12-14)26-20-16-11-15(21)8-9-18(16)25(24-20)19-7-3-2-6-17(19)22;/h2-3,6-9,11,13-14,23H,4-5,10,12H2,1H3;1H. The Morgan fingerprint density at radius 3 is 2.78 bits per heavy atom. The Morgan fingerprint density at radius 2 is 2.04 bits per heavy atom. The van der Waals surface area contributed by atoms with Gasteiger partial charge in [-0.2, -0.15) is 0 Å². The Morgan fingerprint density at radius 1 is 1.22 bits per heavy atom. The second kappa shape index (κ2) is 8.23. The number of hydrogen-bond acceptors (Lipinski definition) is 3. The maximum Gasteiger partial charge on any atom is 0.241 e. The lowest BCUT2D eigenvalue weighted by Crippen LogP contribution is -2.38. The fourth-order valence-corrected chi connectivity index (χ4v) is 3.51. The van der Waals surface area contributed by atoms with Crippen LogP contribution in [-0.4, -0.2) is 29.0 Å². The summed E-state index contributed by atoms with van der Waals surface area (Å²) in [5.41, 5.74) is 0.923. The van der Waals surface area contributed by atoms with Gasteiger partial charge in [0.15, 0.2) is 0 Å². The van der Waals surface area contributed by atoms with E-state index in [0.717, 1.165) is 25.9 Å². The van der Waals surface area contributed by atoms with Crippen molar-refractivity contribution in [1.82, 2.24) is 15.1 Å². The minimum atomic E-state index is -0.391. The molecule has 0 radical (unpaired) electrons. The average molecular weight is 394 g/mol. The molecule has 4 rings (SSSR count). The molecule has 1 saturated heterocycles. The maximum atomic E-state index is 14.3. The molecule has 1 aliphatic heterocycles. The number of para-hydroxylation sites is 1. The number of ether oxygens (including phenoxy) is 1. The van der Waals surface area contributed by atoms with Gasteiger partial charge in [0.05, 0.1) is 10.9 Å². The second-order valence-electron chi connectivity index (χ2n) is 6.76. The molecular weight excluding hydrogens is 372 g/mol. The van der Waals surface area contributed by atoms with Gasteiger partial charge < -0.3 is 10.1 Å². The Balaban J connectivity index is 0.00000210. The number of aromatic nitrogens is 2. The van der Waals surface area contributed by atoms with E-state index in [1.54, 1.807) is 24.3 Å². The highest BCUT2D eigenvalue weighted by atomic mass is 35.5. The molecule has 1 N–H and O–H groups in total. The summed E-state index contributed by atoms with van der Waals surface area (Å²) in [5, 5.41) is 8.38. The first-order chi connectivity index (χ1) is 12.6. The van der Waals surface area contributed by atoms with E-state index in [-0.39, 0.29) is 24.3 Å². The molecule has 1 fully saturated rings. The predicted octanol–water partition coefficient (Wildman–Crippen LogP) is 4.49. The van der Waals surface area contributed by atoms with Gasteiger partial charge in [0, 0.05) is 12.5 Å². The molecule has 7 heteroatoms. The lowest BCUT2D eigenvalue weighted by atomic mass is 9.95. The van der Waals surface area contributed by atoms with Crippen LogP contribution in [0.2, 0.25) is 0 Å². The number of halogens is 3. The van der Waals surface area contributed by atoms with Gasteiger partial charge in [0.1, 0.15) is 23.4 Å². The van der Waals surface area contributed by atoms with E-state index in [1.807, 2.05) is 6.92 Å². The molecule has 2 aromatic carbocycles. The lowest BCUT2D eigenvalue weighted by Gasteiger charge is -2.28. The molecule has 0 spiro atoms. The minimum absolute atomic E-state index is 0. The largest absolute Gasteiger partial charge is 0.473 e. The summed E-state index contributed by atoms with van der Waals surface area (Å²) in [6.45, 7) is 3.92. The van der Waals surface area contributed by atoms with Crippen LogP contribution >= 0.6 is 12.4 Å². The summed E-state index contributed by atoms with van der Waals surface area (Å²) in [7, 11) is 0. The predicted molar refractivity (Wildman–Crippen MR) is 104 cm³/mol. The molecule has 2 atom stereocenters. The van der Waals surface area contributed by atoms with E-state index in [9.17, 15) is 8.78 Å². The van der Waals surface area contributed by atoms with Crippen molar-refractivity contribution in [3.63, 3.8) is 0 Å². The van der Waals surface area contributed by atoms with Gasteiger partial charge in [0.25, 0.3) is 0 Å². The van der Waals surface area contributed by atoms with E-state index in [4.69, 9.17) is 4.74 Å². The molecular formula is C20H22ClF2N3O. The van der Waals surface area contributed by atoms with Crippen LogP contribution in [0.25, 0.3) is 16.6 Å². The smallest absolute Gasteiger partial charge is 0.241 e. The zero-order valence-electron chi connectivity index (χ0n) is 15.0. The van der Waals surface area contributed by atoms with Crippen molar-refractivity contribution < 1.29 is 13.5 Å². The molecule has 2 heterocycles. The third-order valence-corrected chi connectivity index (χ3v) is 4.99. The van der Waals surface area contributed by atoms with Gasteiger partial charge in [-0.15, -0.1) is 17.5 Å². The highest BCUT2D eigenvalue weighted by Gasteiger charge is 2.24. The topological polar surface area (TPSA) is 39.1 Å². The van der Waals surface area contributed by atoms with Gasteiger partial charge >= 0.3 is 0 Å². The van der Waals surface area contributed by atoms with Crippen LogP contribution in [-0.2, 0) is 0 Å². The van der Waals surface area contributed by atoms with Crippen LogP contribution in [0.4, 0.5) is 8.78 Å². The SMILES string of the molecule is CC(Oc1nn(-c2ccccc2F)c2ccc(F)cc12)C1CCCNC1.Cl. The summed E-state index contributed by atoms with van der Waals surface area (Å²) in [5.74, 6) is -0.0634. The fraction of sp³-hybridized carbons (Fsp3) is 0.350. The zero-order valence-corrected chi connectivity index (χ0v) is 15.8. The van der Waals surface area contributed by atoms with E-state index in [2.05, 4.69) is 10.4 Å². The van der Waals surface area contributed by atoms with Crippen molar-refractivity contribution in [2.45, 2.75) is 25.9 Å². The van der Waals surface area contributed by atoms with Crippen molar-refractivity contribution in [3.8, 4) is 11.6 Å². The van der Waals surface area contributed by atoms with Gasteiger partial charge in [-0.25, -0.2) is 13.5 Å². The monoisotopic (exact) mass is 393 g/mol. The Labute approximate surface area is 162 Å². The molecule has 0 amide bonds. The molecule has 3 aromatic rings. The fourth-order valence-electron chi connectivity index (χ4n) is 3.51. The van der Waals surface area contributed by atoms with Crippen LogP contribution in [0.3, 0.4) is 0 Å². The molecule has 0 saturated carbocycles. The molecule has 2 unspecified atom stereocenters. The van der Waals surface area contributed by atoms with Gasteiger partial charge in [0.2, 0.25) is 5.88 Å². The van der Waals surface area contributed by atoms with Crippen molar-refractivity contribution in [1.29, 1.82) is 0 Å². The highest BCUT2D eigenvalue weighted by molar-refractivity contribution is 5.86. The first-order valence-electron chi connectivity index (χ1n) is 8.94. The number of rotatable bonds is 4. The van der Waals surface area contributed by atoms with Crippen LogP contribution in [0.15, 0.2) is 42.5 Å². The van der Waals surface area contributed by atoms with E-state index < -0.39 is 5.82 Å². The van der Waals surface area contributed by atoms with E-state index in [1.165, 1.54) is 22.9 Å². The minimum Gasteiger partial charge on any atom is -0.473 e.